The van der Waals surface area contributed by atoms with Gasteiger partial charge in [-0.15, -0.1) is 0 Å². The van der Waals surface area contributed by atoms with E-state index in [0.29, 0.717) is 23.5 Å². The molecule has 33 heavy (non-hydrogen) atoms. The highest BCUT2D eigenvalue weighted by atomic mass is 79.9. The summed E-state index contributed by atoms with van der Waals surface area (Å²) in [5, 5.41) is 18.3. The zero-order chi connectivity index (χ0) is 23.0. The number of non-ortho nitro benzene ring substituents is 1. The van der Waals surface area contributed by atoms with Gasteiger partial charge in [0.2, 0.25) is 17.8 Å². The Balaban J connectivity index is 1.56. The van der Waals surface area contributed by atoms with Gasteiger partial charge in [0.05, 0.1) is 11.1 Å². The Bertz CT molecular complexity index is 1110. The van der Waals surface area contributed by atoms with Gasteiger partial charge in [-0.05, 0) is 42.7 Å². The Morgan fingerprint density at radius 1 is 0.939 bits per heavy atom. The molecule has 4 rings (SSSR count). The summed E-state index contributed by atoms with van der Waals surface area (Å²) in [6.45, 7) is 1.76. The summed E-state index contributed by atoms with van der Waals surface area (Å²) in [6.07, 6.45) is 6.24. The molecule has 0 spiro atoms. The number of nitro benzene ring substituents is 1. The van der Waals surface area contributed by atoms with E-state index in [1.54, 1.807) is 18.3 Å². The molecule has 0 unspecified atom stereocenters. The number of halogens is 1. The predicted octanol–water partition coefficient (Wildman–Crippen LogP) is 5.11. The van der Waals surface area contributed by atoms with E-state index in [0.717, 1.165) is 36.0 Å². The van der Waals surface area contributed by atoms with Crippen molar-refractivity contribution in [3.05, 3.63) is 68.7 Å². The topological polar surface area (TPSA) is 121 Å². The van der Waals surface area contributed by atoms with E-state index in [1.807, 2.05) is 24.3 Å². The Labute approximate surface area is 199 Å². The van der Waals surface area contributed by atoms with Gasteiger partial charge in [-0.3, -0.25) is 10.1 Å². The first kappa shape index (κ1) is 22.6. The molecule has 1 aromatic heterocycles. The zero-order valence-corrected chi connectivity index (χ0v) is 19.4. The number of nitro groups is 1. The molecule has 0 saturated carbocycles. The summed E-state index contributed by atoms with van der Waals surface area (Å²) in [6, 6.07) is 13.8. The van der Waals surface area contributed by atoms with Gasteiger partial charge in [0.15, 0.2) is 0 Å². The van der Waals surface area contributed by atoms with Gasteiger partial charge < -0.3 is 10.2 Å². The summed E-state index contributed by atoms with van der Waals surface area (Å²) in [5.74, 6) is 1.21. The fourth-order valence-electron chi connectivity index (χ4n) is 3.39. The number of aromatic nitrogens is 3. The van der Waals surface area contributed by atoms with Crippen molar-refractivity contribution in [2.24, 2.45) is 5.10 Å². The van der Waals surface area contributed by atoms with Crippen LogP contribution in [-0.4, -0.2) is 39.2 Å². The molecule has 0 bridgehead atoms. The maximum absolute atomic E-state index is 10.9. The van der Waals surface area contributed by atoms with Gasteiger partial charge >= 0.3 is 0 Å². The Morgan fingerprint density at radius 2 is 1.61 bits per heavy atom. The van der Waals surface area contributed by atoms with Gasteiger partial charge in [-0.25, -0.2) is 5.43 Å². The molecule has 1 aliphatic rings. The summed E-state index contributed by atoms with van der Waals surface area (Å²) in [7, 11) is 0. The number of anilines is 4. The average molecular weight is 511 g/mol. The monoisotopic (exact) mass is 510 g/mol. The number of benzene rings is 2. The zero-order valence-electron chi connectivity index (χ0n) is 17.8. The van der Waals surface area contributed by atoms with Crippen molar-refractivity contribution in [3.63, 3.8) is 0 Å². The second kappa shape index (κ2) is 10.8. The van der Waals surface area contributed by atoms with E-state index >= 15 is 0 Å². The lowest BCUT2D eigenvalue weighted by Crippen LogP contribution is -2.26. The minimum absolute atomic E-state index is 0.0195. The molecule has 1 aliphatic heterocycles. The largest absolute Gasteiger partial charge is 0.341 e. The van der Waals surface area contributed by atoms with E-state index in [-0.39, 0.29) is 5.69 Å². The molecule has 170 valence electrons. The SMILES string of the molecule is O=[N+]([O-])c1ccc(Nc2nc(NN=Cc3ccc(Br)cc3)nc(N3CCCCCC3)n2)cc1. The molecule has 0 radical (unpaired) electrons. The molecule has 0 aliphatic carbocycles. The quantitative estimate of drug-likeness (QED) is 0.255. The molecular formula is C22H23BrN8O2. The molecule has 10 nitrogen and oxygen atoms in total. The third-order valence-electron chi connectivity index (χ3n) is 5.09. The van der Waals surface area contributed by atoms with E-state index < -0.39 is 4.92 Å². The van der Waals surface area contributed by atoms with Crippen LogP contribution in [0.25, 0.3) is 0 Å². The van der Waals surface area contributed by atoms with Gasteiger partial charge in [-0.1, -0.05) is 40.9 Å². The van der Waals surface area contributed by atoms with Crippen LogP contribution in [0.5, 0.6) is 0 Å². The molecule has 11 heteroatoms. The van der Waals surface area contributed by atoms with Crippen molar-refractivity contribution in [2.45, 2.75) is 25.7 Å². The summed E-state index contributed by atoms with van der Waals surface area (Å²) in [4.78, 5) is 26.2. The second-order valence-corrected chi connectivity index (χ2v) is 8.45. The van der Waals surface area contributed by atoms with Crippen LogP contribution < -0.4 is 15.6 Å². The molecule has 2 N–H and O–H groups in total. The van der Waals surface area contributed by atoms with Crippen LogP contribution in [0.4, 0.5) is 29.2 Å². The predicted molar refractivity (Wildman–Crippen MR) is 132 cm³/mol. The number of hydrogen-bond donors (Lipinski definition) is 2. The third-order valence-corrected chi connectivity index (χ3v) is 5.62. The number of hydrogen-bond acceptors (Lipinski definition) is 9. The van der Waals surface area contributed by atoms with Crippen molar-refractivity contribution >= 4 is 51.4 Å². The summed E-state index contributed by atoms with van der Waals surface area (Å²) in [5.41, 5.74) is 4.48. The highest BCUT2D eigenvalue weighted by molar-refractivity contribution is 9.10. The van der Waals surface area contributed by atoms with Crippen LogP contribution in [0.15, 0.2) is 58.1 Å². The van der Waals surface area contributed by atoms with Crippen molar-refractivity contribution in [2.75, 3.05) is 28.7 Å². The third kappa shape index (κ3) is 6.45. The normalized spacial score (nSPS) is 14.2. The first-order valence-corrected chi connectivity index (χ1v) is 11.4. The highest BCUT2D eigenvalue weighted by Crippen LogP contribution is 2.22. The van der Waals surface area contributed by atoms with E-state index in [2.05, 4.69) is 51.6 Å². The molecule has 2 aromatic carbocycles. The van der Waals surface area contributed by atoms with Crippen LogP contribution in [0.2, 0.25) is 0 Å². The van der Waals surface area contributed by atoms with E-state index in [1.165, 1.54) is 25.0 Å². The molecule has 1 fully saturated rings. The van der Waals surface area contributed by atoms with Crippen LogP contribution in [-0.2, 0) is 0 Å². The Kier molecular flexibility index (Phi) is 7.40. The van der Waals surface area contributed by atoms with Crippen LogP contribution in [0.3, 0.4) is 0 Å². The van der Waals surface area contributed by atoms with Crippen molar-refractivity contribution in [1.29, 1.82) is 0 Å². The molecule has 1 saturated heterocycles. The van der Waals surface area contributed by atoms with Crippen molar-refractivity contribution in [1.82, 2.24) is 15.0 Å². The lowest BCUT2D eigenvalue weighted by atomic mass is 10.2. The van der Waals surface area contributed by atoms with Crippen molar-refractivity contribution < 1.29 is 4.92 Å². The van der Waals surface area contributed by atoms with E-state index in [4.69, 9.17) is 0 Å². The maximum atomic E-state index is 10.9. The van der Waals surface area contributed by atoms with Gasteiger partial charge in [-0.2, -0.15) is 20.1 Å². The minimum atomic E-state index is -0.435. The number of rotatable bonds is 7. The Morgan fingerprint density at radius 3 is 2.27 bits per heavy atom. The molecule has 0 atom stereocenters. The fraction of sp³-hybridized carbons (Fsp3) is 0.273. The maximum Gasteiger partial charge on any atom is 0.269 e. The molecule has 3 aromatic rings. The highest BCUT2D eigenvalue weighted by Gasteiger charge is 2.16. The standard InChI is InChI=1S/C22H23BrN8O2/c23-17-7-5-16(6-8-17)15-24-29-21-26-20(25-18-9-11-19(12-10-18)31(32)33)27-22(28-21)30-13-3-1-2-4-14-30/h5-12,15H,1-4,13-14H2,(H2,25,26,27,28,29). The molecule has 0 amide bonds. The second-order valence-electron chi connectivity index (χ2n) is 7.53. The molecule has 2 heterocycles. The van der Waals surface area contributed by atoms with Gasteiger partial charge in [0.25, 0.3) is 5.69 Å². The number of nitrogens with one attached hydrogen (secondary N) is 2. The fourth-order valence-corrected chi connectivity index (χ4v) is 3.66. The van der Waals surface area contributed by atoms with Crippen LogP contribution in [0, 0.1) is 10.1 Å². The first-order valence-electron chi connectivity index (χ1n) is 10.6. The van der Waals surface area contributed by atoms with Gasteiger partial charge in [0.1, 0.15) is 0 Å². The van der Waals surface area contributed by atoms with Crippen LogP contribution in [0.1, 0.15) is 31.2 Å². The number of hydrazone groups is 1. The summed E-state index contributed by atoms with van der Waals surface area (Å²) >= 11 is 3.42. The van der Waals surface area contributed by atoms with Crippen LogP contribution >= 0.6 is 15.9 Å². The average Bonchev–Trinajstić information content (AvgIpc) is 3.10. The van der Waals surface area contributed by atoms with E-state index in [9.17, 15) is 10.1 Å². The van der Waals surface area contributed by atoms with Gasteiger partial charge in [0, 0.05) is 35.4 Å². The lowest BCUT2D eigenvalue weighted by molar-refractivity contribution is -0.384. The molecular weight excluding hydrogens is 488 g/mol. The lowest BCUT2D eigenvalue weighted by Gasteiger charge is -2.21. The first-order chi connectivity index (χ1) is 16.1. The summed E-state index contributed by atoms with van der Waals surface area (Å²) < 4.78 is 0.995. The van der Waals surface area contributed by atoms with Crippen molar-refractivity contribution in [3.8, 4) is 0 Å². The number of nitrogens with zero attached hydrogens (tertiary/aromatic N) is 6. The Hall–Kier alpha value is -3.60. The minimum Gasteiger partial charge on any atom is -0.341 e. The smallest absolute Gasteiger partial charge is 0.269 e.